The maximum atomic E-state index is 11.7. The number of amides is 1. The van der Waals surface area contributed by atoms with E-state index in [1.54, 1.807) is 0 Å². The van der Waals surface area contributed by atoms with Crippen molar-refractivity contribution in [3.8, 4) is 0 Å². The summed E-state index contributed by atoms with van der Waals surface area (Å²) < 4.78 is 0. The fourth-order valence-electron chi connectivity index (χ4n) is 2.54. The molecule has 0 aliphatic heterocycles. The Morgan fingerprint density at radius 1 is 1.40 bits per heavy atom. The zero-order chi connectivity index (χ0) is 14.4. The lowest BCUT2D eigenvalue weighted by Crippen LogP contribution is -2.34. The second-order valence-corrected chi connectivity index (χ2v) is 6.71. The van der Waals surface area contributed by atoms with E-state index in [4.69, 9.17) is 4.98 Å². The summed E-state index contributed by atoms with van der Waals surface area (Å²) in [6.45, 7) is 3.42. The topological polar surface area (TPSA) is 54.0 Å². The van der Waals surface area contributed by atoms with Crippen molar-refractivity contribution in [2.45, 2.75) is 45.4 Å². The lowest BCUT2D eigenvalue weighted by atomic mass is 10.0. The van der Waals surface area contributed by atoms with E-state index >= 15 is 0 Å². The molecule has 0 fully saturated rings. The molecule has 0 saturated heterocycles. The monoisotopic (exact) mass is 295 g/mol. The fraction of sp³-hybridized carbons (Fsp3) is 0.733. The minimum absolute atomic E-state index is 0.0344. The largest absolute Gasteiger partial charge is 0.356 e. The highest BCUT2D eigenvalue weighted by Gasteiger charge is 2.15. The van der Waals surface area contributed by atoms with Crippen molar-refractivity contribution in [1.29, 1.82) is 0 Å². The third-order valence-electron chi connectivity index (χ3n) is 3.71. The number of rotatable bonds is 7. The molecule has 1 unspecified atom stereocenters. The normalized spacial score (nSPS) is 15.7. The zero-order valence-corrected chi connectivity index (χ0v) is 13.3. The van der Waals surface area contributed by atoms with Gasteiger partial charge in [-0.3, -0.25) is 4.79 Å². The third-order valence-corrected chi connectivity index (χ3v) is 4.93. The van der Waals surface area contributed by atoms with Crippen LogP contribution in [0, 0.1) is 5.92 Å². The smallest absolute Gasteiger partial charge is 0.224 e. The molecule has 5 heteroatoms. The van der Waals surface area contributed by atoms with E-state index < -0.39 is 0 Å². The van der Waals surface area contributed by atoms with Gasteiger partial charge in [-0.2, -0.15) is 0 Å². The summed E-state index contributed by atoms with van der Waals surface area (Å²) in [5.74, 6) is 0.171. The second-order valence-electron chi connectivity index (χ2n) is 5.54. The number of hydrogen-bond acceptors (Lipinski definition) is 4. The first kappa shape index (κ1) is 15.4. The van der Waals surface area contributed by atoms with Gasteiger partial charge in [-0.1, -0.05) is 6.92 Å². The molecule has 2 N–H and O–H groups in total. The average Bonchev–Trinajstić information content (AvgIpc) is 2.86. The van der Waals surface area contributed by atoms with Crippen LogP contribution in [0.4, 0.5) is 0 Å². The van der Waals surface area contributed by atoms with Crippen LogP contribution in [0.2, 0.25) is 0 Å². The van der Waals surface area contributed by atoms with E-state index in [1.165, 1.54) is 34.8 Å². The molecule has 112 valence electrons. The second kappa shape index (κ2) is 7.74. The Kier molecular flexibility index (Phi) is 5.98. The molecule has 20 heavy (non-hydrogen) atoms. The van der Waals surface area contributed by atoms with Crippen LogP contribution < -0.4 is 10.6 Å². The van der Waals surface area contributed by atoms with Gasteiger partial charge in [0.15, 0.2) is 0 Å². The van der Waals surface area contributed by atoms with Crippen molar-refractivity contribution in [2.75, 3.05) is 20.1 Å². The van der Waals surface area contributed by atoms with Gasteiger partial charge in [-0.05, 0) is 39.2 Å². The molecule has 0 aromatic carbocycles. The van der Waals surface area contributed by atoms with Gasteiger partial charge >= 0.3 is 0 Å². The highest BCUT2D eigenvalue weighted by Crippen LogP contribution is 2.27. The summed E-state index contributed by atoms with van der Waals surface area (Å²) in [7, 11) is 1.87. The molecule has 4 nitrogen and oxygen atoms in total. The van der Waals surface area contributed by atoms with Crippen LogP contribution in [0.15, 0.2) is 0 Å². The van der Waals surface area contributed by atoms with Crippen molar-refractivity contribution in [2.24, 2.45) is 5.92 Å². The molecule has 1 heterocycles. The van der Waals surface area contributed by atoms with Gasteiger partial charge in [0.2, 0.25) is 5.91 Å². The highest BCUT2D eigenvalue weighted by atomic mass is 32.1. The minimum Gasteiger partial charge on any atom is -0.356 e. The Morgan fingerprint density at radius 3 is 2.95 bits per heavy atom. The standard InChI is InChI=1S/C15H25N3OS/c1-11(10-16-2)15(19)17-9-5-8-14-18-12-6-3-4-7-13(12)20-14/h11,16H,3-10H2,1-2H3,(H,17,19). The van der Waals surface area contributed by atoms with Crippen LogP contribution >= 0.6 is 11.3 Å². The Labute approximate surface area is 125 Å². The summed E-state index contributed by atoms with van der Waals surface area (Å²) in [4.78, 5) is 18.0. The summed E-state index contributed by atoms with van der Waals surface area (Å²) in [6, 6.07) is 0. The van der Waals surface area contributed by atoms with E-state index in [-0.39, 0.29) is 11.8 Å². The lowest BCUT2D eigenvalue weighted by Gasteiger charge is -2.10. The summed E-state index contributed by atoms with van der Waals surface area (Å²) >= 11 is 1.87. The van der Waals surface area contributed by atoms with Crippen LogP contribution in [0.5, 0.6) is 0 Å². The molecule has 1 amide bonds. The van der Waals surface area contributed by atoms with Crippen molar-refractivity contribution in [1.82, 2.24) is 15.6 Å². The molecule has 1 aromatic rings. The van der Waals surface area contributed by atoms with Gasteiger partial charge in [-0.25, -0.2) is 4.98 Å². The van der Waals surface area contributed by atoms with Crippen molar-refractivity contribution in [3.05, 3.63) is 15.6 Å². The van der Waals surface area contributed by atoms with Crippen molar-refractivity contribution < 1.29 is 4.79 Å². The van der Waals surface area contributed by atoms with E-state index in [2.05, 4.69) is 10.6 Å². The summed E-state index contributed by atoms with van der Waals surface area (Å²) in [6.07, 6.45) is 6.93. The number of carbonyl (C=O) groups is 1. The van der Waals surface area contributed by atoms with E-state index in [9.17, 15) is 4.79 Å². The van der Waals surface area contributed by atoms with Gasteiger partial charge in [0.05, 0.1) is 10.7 Å². The van der Waals surface area contributed by atoms with Crippen LogP contribution in [-0.2, 0) is 24.1 Å². The molecule has 1 aliphatic rings. The number of aryl methyl sites for hydroxylation is 3. The predicted octanol–water partition coefficient (Wildman–Crippen LogP) is 1.93. The minimum atomic E-state index is 0.0344. The maximum absolute atomic E-state index is 11.7. The predicted molar refractivity (Wildman–Crippen MR) is 83.2 cm³/mol. The van der Waals surface area contributed by atoms with Crippen LogP contribution in [0.3, 0.4) is 0 Å². The first-order chi connectivity index (χ1) is 9.70. The van der Waals surface area contributed by atoms with Gasteiger partial charge in [0.25, 0.3) is 0 Å². The Balaban J connectivity index is 1.68. The van der Waals surface area contributed by atoms with Gasteiger partial charge in [0, 0.05) is 30.3 Å². The Bertz CT molecular complexity index is 421. The van der Waals surface area contributed by atoms with Gasteiger partial charge in [-0.15, -0.1) is 11.3 Å². The number of nitrogens with one attached hydrogen (secondary N) is 2. The summed E-state index contributed by atoms with van der Waals surface area (Å²) in [5.41, 5.74) is 1.34. The number of fused-ring (bicyclic) bond motifs is 1. The SMILES string of the molecule is CNCC(C)C(=O)NCCCc1nc2c(s1)CCCC2. The maximum Gasteiger partial charge on any atom is 0.224 e. The number of hydrogen-bond donors (Lipinski definition) is 2. The molecule has 0 bridgehead atoms. The lowest BCUT2D eigenvalue weighted by molar-refractivity contribution is -0.124. The third kappa shape index (κ3) is 4.28. The Hall–Kier alpha value is -0.940. The molecule has 1 aromatic heterocycles. The highest BCUT2D eigenvalue weighted by molar-refractivity contribution is 7.11. The molecular formula is C15H25N3OS. The van der Waals surface area contributed by atoms with Gasteiger partial charge in [0.1, 0.15) is 0 Å². The quantitative estimate of drug-likeness (QED) is 0.756. The molecule has 0 saturated carbocycles. The average molecular weight is 295 g/mol. The number of thiazole rings is 1. The summed E-state index contributed by atoms with van der Waals surface area (Å²) in [5, 5.41) is 7.27. The Morgan fingerprint density at radius 2 is 2.20 bits per heavy atom. The number of carbonyl (C=O) groups excluding carboxylic acids is 1. The number of aromatic nitrogens is 1. The van der Waals surface area contributed by atoms with E-state index in [0.717, 1.165) is 32.4 Å². The first-order valence-corrected chi connectivity index (χ1v) is 8.42. The molecular weight excluding hydrogens is 270 g/mol. The van der Waals surface area contributed by atoms with Crippen molar-refractivity contribution in [3.63, 3.8) is 0 Å². The zero-order valence-electron chi connectivity index (χ0n) is 12.5. The van der Waals surface area contributed by atoms with E-state index in [1.807, 2.05) is 25.3 Å². The molecule has 0 spiro atoms. The van der Waals surface area contributed by atoms with Crippen LogP contribution in [-0.4, -0.2) is 31.0 Å². The molecule has 2 rings (SSSR count). The number of nitrogens with zero attached hydrogens (tertiary/aromatic N) is 1. The van der Waals surface area contributed by atoms with Crippen LogP contribution in [0.1, 0.15) is 41.8 Å². The molecule has 1 atom stereocenters. The van der Waals surface area contributed by atoms with Crippen molar-refractivity contribution >= 4 is 17.2 Å². The van der Waals surface area contributed by atoms with E-state index in [0.29, 0.717) is 0 Å². The molecule has 0 radical (unpaired) electrons. The molecule has 1 aliphatic carbocycles. The van der Waals surface area contributed by atoms with Crippen LogP contribution in [0.25, 0.3) is 0 Å². The first-order valence-electron chi connectivity index (χ1n) is 7.60. The van der Waals surface area contributed by atoms with Gasteiger partial charge < -0.3 is 10.6 Å². The fourth-order valence-corrected chi connectivity index (χ4v) is 3.74.